The van der Waals surface area contributed by atoms with Gasteiger partial charge in [0.15, 0.2) is 0 Å². The minimum atomic E-state index is -5.36. The summed E-state index contributed by atoms with van der Waals surface area (Å²) < 4.78 is 61.9. The van der Waals surface area contributed by atoms with Gasteiger partial charge in [-0.2, -0.15) is 13.2 Å². The van der Waals surface area contributed by atoms with Crippen LogP contribution < -0.4 is 10.2 Å². The number of sulfone groups is 1. The van der Waals surface area contributed by atoms with Gasteiger partial charge in [0, 0.05) is 25.2 Å². The first-order valence-electron chi connectivity index (χ1n) is 6.55. The van der Waals surface area contributed by atoms with Crippen LogP contribution in [-0.4, -0.2) is 39.1 Å². The second-order valence-corrected chi connectivity index (χ2v) is 7.14. The summed E-state index contributed by atoms with van der Waals surface area (Å²) in [7, 11) is -5.36. The van der Waals surface area contributed by atoms with Crippen molar-refractivity contribution in [1.29, 1.82) is 0 Å². The van der Waals surface area contributed by atoms with E-state index in [1.807, 2.05) is 13.8 Å². The summed E-state index contributed by atoms with van der Waals surface area (Å²) in [5.74, 6) is 0. The number of anilines is 1. The monoisotopic (exact) mass is 322 g/mol. The molecule has 1 heterocycles. The minimum absolute atomic E-state index is 0.0721. The topological polar surface area (TPSA) is 49.4 Å². The van der Waals surface area contributed by atoms with Crippen molar-refractivity contribution in [2.24, 2.45) is 0 Å². The van der Waals surface area contributed by atoms with Gasteiger partial charge >= 0.3 is 5.51 Å². The van der Waals surface area contributed by atoms with E-state index in [4.69, 9.17) is 0 Å². The Balaban J connectivity index is 2.52. The van der Waals surface area contributed by atoms with Crippen molar-refractivity contribution in [3.05, 3.63) is 24.3 Å². The van der Waals surface area contributed by atoms with Gasteiger partial charge in [-0.15, -0.1) is 0 Å². The third-order valence-corrected chi connectivity index (χ3v) is 5.07. The van der Waals surface area contributed by atoms with Crippen molar-refractivity contribution in [2.75, 3.05) is 18.0 Å². The number of benzene rings is 1. The fourth-order valence-corrected chi connectivity index (χ4v) is 3.37. The molecule has 2 unspecified atom stereocenters. The normalized spacial score (nSPS) is 24.1. The van der Waals surface area contributed by atoms with E-state index in [9.17, 15) is 21.6 Å². The molecule has 1 aliphatic rings. The predicted molar refractivity (Wildman–Crippen MR) is 74.0 cm³/mol. The van der Waals surface area contributed by atoms with Crippen LogP contribution in [0.4, 0.5) is 18.9 Å². The zero-order chi connectivity index (χ0) is 15.8. The number of rotatable bonds is 2. The van der Waals surface area contributed by atoms with Gasteiger partial charge in [0.2, 0.25) is 0 Å². The average molecular weight is 322 g/mol. The van der Waals surface area contributed by atoms with Gasteiger partial charge in [-0.1, -0.05) is 12.1 Å². The molecule has 0 radical (unpaired) electrons. The van der Waals surface area contributed by atoms with Crippen LogP contribution in [0, 0.1) is 0 Å². The number of alkyl halides is 3. The third-order valence-electron chi connectivity index (χ3n) is 3.53. The van der Waals surface area contributed by atoms with Crippen LogP contribution in [0.2, 0.25) is 0 Å². The van der Waals surface area contributed by atoms with E-state index < -0.39 is 20.2 Å². The van der Waals surface area contributed by atoms with E-state index in [-0.39, 0.29) is 17.8 Å². The second kappa shape index (κ2) is 5.49. The molecule has 2 rings (SSSR count). The molecule has 1 saturated heterocycles. The Hall–Kier alpha value is -1.28. The number of nitrogens with one attached hydrogen (secondary N) is 1. The van der Waals surface area contributed by atoms with E-state index in [0.29, 0.717) is 13.1 Å². The highest BCUT2D eigenvalue weighted by atomic mass is 32.2. The van der Waals surface area contributed by atoms with Gasteiger partial charge in [-0.05, 0) is 26.0 Å². The smallest absolute Gasteiger partial charge is 0.365 e. The van der Waals surface area contributed by atoms with E-state index >= 15 is 0 Å². The van der Waals surface area contributed by atoms with Crippen LogP contribution in [0.1, 0.15) is 13.8 Å². The van der Waals surface area contributed by atoms with E-state index in [1.165, 1.54) is 12.1 Å². The standard InChI is InChI=1S/C13H17F3N2O2S/c1-9-8-18(10(2)7-17-9)11-5-3-4-6-12(11)21(19,20)13(14,15)16/h3-6,9-10,17H,7-8H2,1-2H3. The number of para-hydroxylation sites is 1. The first kappa shape index (κ1) is 16.1. The van der Waals surface area contributed by atoms with Gasteiger partial charge in [0.1, 0.15) is 0 Å². The molecule has 21 heavy (non-hydrogen) atoms. The van der Waals surface area contributed by atoms with Crippen molar-refractivity contribution in [2.45, 2.75) is 36.3 Å². The highest BCUT2D eigenvalue weighted by molar-refractivity contribution is 7.92. The summed E-state index contributed by atoms with van der Waals surface area (Å²) >= 11 is 0. The van der Waals surface area contributed by atoms with Crippen LogP contribution in [0.3, 0.4) is 0 Å². The summed E-state index contributed by atoms with van der Waals surface area (Å²) in [6, 6.07) is 5.27. The molecular formula is C13H17F3N2O2S. The Kier molecular flexibility index (Phi) is 4.21. The summed E-state index contributed by atoms with van der Waals surface area (Å²) in [5, 5.41) is 3.21. The lowest BCUT2D eigenvalue weighted by Gasteiger charge is -2.40. The molecule has 8 heteroatoms. The minimum Gasteiger partial charge on any atom is -0.365 e. The highest BCUT2D eigenvalue weighted by Gasteiger charge is 2.48. The molecule has 0 amide bonds. The molecule has 0 aliphatic carbocycles. The van der Waals surface area contributed by atoms with Gasteiger partial charge < -0.3 is 10.2 Å². The predicted octanol–water partition coefficient (Wildman–Crippen LogP) is 2.17. The number of hydrogen-bond acceptors (Lipinski definition) is 4. The van der Waals surface area contributed by atoms with Crippen LogP contribution in [0.5, 0.6) is 0 Å². The summed E-state index contributed by atoms with van der Waals surface area (Å²) in [5.41, 5.74) is -5.19. The fraction of sp³-hybridized carbons (Fsp3) is 0.538. The van der Waals surface area contributed by atoms with Crippen LogP contribution >= 0.6 is 0 Å². The zero-order valence-electron chi connectivity index (χ0n) is 11.7. The van der Waals surface area contributed by atoms with Crippen molar-refractivity contribution < 1.29 is 21.6 Å². The molecule has 118 valence electrons. The molecule has 0 spiro atoms. The Bertz CT molecular complexity index is 616. The molecule has 1 aromatic carbocycles. The van der Waals surface area contributed by atoms with E-state index in [2.05, 4.69) is 5.32 Å². The van der Waals surface area contributed by atoms with Crippen molar-refractivity contribution in [1.82, 2.24) is 5.32 Å². The largest absolute Gasteiger partial charge is 0.501 e. The van der Waals surface area contributed by atoms with Gasteiger partial charge in [-0.25, -0.2) is 8.42 Å². The van der Waals surface area contributed by atoms with E-state index in [1.54, 1.807) is 11.0 Å². The maximum Gasteiger partial charge on any atom is 0.501 e. The van der Waals surface area contributed by atoms with Crippen molar-refractivity contribution in [3.63, 3.8) is 0 Å². The Labute approximate surface area is 121 Å². The maximum absolute atomic E-state index is 12.8. The lowest BCUT2D eigenvalue weighted by Crippen LogP contribution is -2.54. The molecular weight excluding hydrogens is 305 g/mol. The lowest BCUT2D eigenvalue weighted by atomic mass is 10.1. The Morgan fingerprint density at radius 2 is 1.86 bits per heavy atom. The number of hydrogen-bond donors (Lipinski definition) is 1. The van der Waals surface area contributed by atoms with Gasteiger partial charge in [0.25, 0.3) is 9.84 Å². The van der Waals surface area contributed by atoms with Gasteiger partial charge in [-0.3, -0.25) is 0 Å². The van der Waals surface area contributed by atoms with Gasteiger partial charge in [0.05, 0.1) is 10.6 Å². The summed E-state index contributed by atoms with van der Waals surface area (Å²) in [4.78, 5) is 1.03. The SMILES string of the molecule is CC1CN(c2ccccc2S(=O)(=O)C(F)(F)F)C(C)CN1. The molecule has 1 N–H and O–H groups in total. The molecule has 1 aromatic rings. The molecule has 2 atom stereocenters. The first-order valence-corrected chi connectivity index (χ1v) is 8.03. The molecule has 0 saturated carbocycles. The quantitative estimate of drug-likeness (QED) is 0.907. The molecule has 0 bridgehead atoms. The first-order chi connectivity index (χ1) is 9.64. The molecule has 0 aromatic heterocycles. The summed E-state index contributed by atoms with van der Waals surface area (Å²) in [6.45, 7) is 4.78. The van der Waals surface area contributed by atoms with Crippen LogP contribution in [-0.2, 0) is 9.84 Å². The van der Waals surface area contributed by atoms with E-state index in [0.717, 1.165) is 6.07 Å². The summed E-state index contributed by atoms with van der Waals surface area (Å²) in [6.07, 6.45) is 0. The average Bonchev–Trinajstić information content (AvgIpc) is 2.40. The number of halogens is 3. The van der Waals surface area contributed by atoms with Crippen LogP contribution in [0.25, 0.3) is 0 Å². The second-order valence-electron chi connectivity index (χ2n) is 5.23. The van der Waals surface area contributed by atoms with Crippen molar-refractivity contribution >= 4 is 15.5 Å². The zero-order valence-corrected chi connectivity index (χ0v) is 12.5. The molecule has 1 aliphatic heterocycles. The Morgan fingerprint density at radius 1 is 1.24 bits per heavy atom. The molecule has 4 nitrogen and oxygen atoms in total. The number of nitrogens with zero attached hydrogens (tertiary/aromatic N) is 1. The maximum atomic E-state index is 12.8. The lowest BCUT2D eigenvalue weighted by molar-refractivity contribution is -0.0435. The van der Waals surface area contributed by atoms with Crippen molar-refractivity contribution in [3.8, 4) is 0 Å². The highest BCUT2D eigenvalue weighted by Crippen LogP contribution is 2.36. The third kappa shape index (κ3) is 3.01. The fourth-order valence-electron chi connectivity index (χ4n) is 2.40. The molecule has 1 fully saturated rings. The Morgan fingerprint density at radius 3 is 2.48 bits per heavy atom. The number of piperazine rings is 1. The van der Waals surface area contributed by atoms with Crippen LogP contribution in [0.15, 0.2) is 29.2 Å².